The van der Waals surface area contributed by atoms with Crippen molar-refractivity contribution in [1.82, 2.24) is 5.32 Å². The van der Waals surface area contributed by atoms with E-state index in [1.165, 1.54) is 24.8 Å². The van der Waals surface area contributed by atoms with Gasteiger partial charge in [-0.3, -0.25) is 0 Å². The fourth-order valence-electron chi connectivity index (χ4n) is 2.72. The molecule has 2 heteroatoms. The molecule has 1 aromatic carbocycles. The number of benzene rings is 1. The standard InChI is InChI=1S/C18H31NO/c1-5-8-15(4)18(14-19-13-6-2)16-9-11-17(12-10-16)20-7-3/h9-12,15,18-19H,5-8,13-14H2,1-4H3. The largest absolute Gasteiger partial charge is 0.494 e. The monoisotopic (exact) mass is 277 g/mol. The molecule has 0 aliphatic rings. The van der Waals surface area contributed by atoms with Gasteiger partial charge in [0, 0.05) is 6.54 Å². The van der Waals surface area contributed by atoms with E-state index in [-0.39, 0.29) is 0 Å². The molecule has 1 N–H and O–H groups in total. The van der Waals surface area contributed by atoms with Crippen LogP contribution in [0.1, 0.15) is 58.4 Å². The Morgan fingerprint density at radius 2 is 1.75 bits per heavy atom. The highest BCUT2D eigenvalue weighted by atomic mass is 16.5. The molecule has 0 heterocycles. The first-order valence-electron chi connectivity index (χ1n) is 8.16. The lowest BCUT2D eigenvalue weighted by atomic mass is 9.84. The van der Waals surface area contributed by atoms with Crippen LogP contribution >= 0.6 is 0 Å². The van der Waals surface area contributed by atoms with Crippen molar-refractivity contribution < 1.29 is 4.74 Å². The van der Waals surface area contributed by atoms with Crippen LogP contribution < -0.4 is 10.1 Å². The van der Waals surface area contributed by atoms with Gasteiger partial charge in [-0.25, -0.2) is 0 Å². The van der Waals surface area contributed by atoms with Crippen LogP contribution in [0.3, 0.4) is 0 Å². The molecule has 0 spiro atoms. The summed E-state index contributed by atoms with van der Waals surface area (Å²) < 4.78 is 5.53. The average molecular weight is 277 g/mol. The molecule has 0 fully saturated rings. The highest BCUT2D eigenvalue weighted by molar-refractivity contribution is 5.30. The van der Waals surface area contributed by atoms with Gasteiger partial charge in [-0.15, -0.1) is 0 Å². The second-order valence-electron chi connectivity index (χ2n) is 5.58. The lowest BCUT2D eigenvalue weighted by Gasteiger charge is -2.25. The fourth-order valence-corrected chi connectivity index (χ4v) is 2.72. The molecular weight excluding hydrogens is 246 g/mol. The second-order valence-corrected chi connectivity index (χ2v) is 5.58. The zero-order valence-corrected chi connectivity index (χ0v) is 13.6. The predicted molar refractivity (Wildman–Crippen MR) is 87.6 cm³/mol. The maximum Gasteiger partial charge on any atom is 0.119 e. The van der Waals surface area contributed by atoms with E-state index in [1.807, 2.05) is 6.92 Å². The van der Waals surface area contributed by atoms with Crippen LogP contribution in [0, 0.1) is 5.92 Å². The third kappa shape index (κ3) is 5.54. The van der Waals surface area contributed by atoms with Gasteiger partial charge in [0.25, 0.3) is 0 Å². The van der Waals surface area contributed by atoms with E-state index in [4.69, 9.17) is 4.74 Å². The van der Waals surface area contributed by atoms with Crippen molar-refractivity contribution in [3.8, 4) is 5.75 Å². The number of hydrogen-bond donors (Lipinski definition) is 1. The van der Waals surface area contributed by atoms with Gasteiger partial charge in [-0.2, -0.15) is 0 Å². The van der Waals surface area contributed by atoms with E-state index < -0.39 is 0 Å². The molecule has 0 saturated heterocycles. The topological polar surface area (TPSA) is 21.3 Å². The van der Waals surface area contributed by atoms with E-state index in [9.17, 15) is 0 Å². The molecule has 2 nitrogen and oxygen atoms in total. The summed E-state index contributed by atoms with van der Waals surface area (Å²) in [6.45, 7) is 11.8. The van der Waals surface area contributed by atoms with Gasteiger partial charge >= 0.3 is 0 Å². The first-order valence-corrected chi connectivity index (χ1v) is 8.16. The van der Waals surface area contributed by atoms with E-state index in [0.29, 0.717) is 11.8 Å². The maximum absolute atomic E-state index is 5.53. The molecule has 114 valence electrons. The summed E-state index contributed by atoms with van der Waals surface area (Å²) in [7, 11) is 0. The molecule has 1 rings (SSSR count). The van der Waals surface area contributed by atoms with Crippen LogP contribution in [0.2, 0.25) is 0 Å². The minimum atomic E-state index is 0.595. The summed E-state index contributed by atoms with van der Waals surface area (Å²) in [4.78, 5) is 0. The third-order valence-electron chi connectivity index (χ3n) is 3.84. The minimum Gasteiger partial charge on any atom is -0.494 e. The number of rotatable bonds is 10. The number of nitrogens with one attached hydrogen (secondary N) is 1. The van der Waals surface area contributed by atoms with Crippen molar-refractivity contribution in [3.63, 3.8) is 0 Å². The minimum absolute atomic E-state index is 0.595. The van der Waals surface area contributed by atoms with Gasteiger partial charge in [0.05, 0.1) is 6.61 Å². The second kappa shape index (κ2) is 9.82. The third-order valence-corrected chi connectivity index (χ3v) is 3.84. The van der Waals surface area contributed by atoms with Crippen molar-refractivity contribution in [2.24, 2.45) is 5.92 Å². The molecule has 0 bridgehead atoms. The highest BCUT2D eigenvalue weighted by Gasteiger charge is 2.18. The van der Waals surface area contributed by atoms with Gasteiger partial charge in [0.1, 0.15) is 5.75 Å². The molecule has 0 saturated carbocycles. The Kier molecular flexibility index (Phi) is 8.36. The first-order chi connectivity index (χ1) is 9.72. The summed E-state index contributed by atoms with van der Waals surface area (Å²) in [5.74, 6) is 2.28. The smallest absolute Gasteiger partial charge is 0.119 e. The van der Waals surface area contributed by atoms with Crippen LogP contribution in [0.4, 0.5) is 0 Å². The van der Waals surface area contributed by atoms with Crippen LogP contribution in [0.5, 0.6) is 5.75 Å². The van der Waals surface area contributed by atoms with Crippen LogP contribution in [-0.2, 0) is 0 Å². The zero-order valence-electron chi connectivity index (χ0n) is 13.6. The molecule has 2 unspecified atom stereocenters. The van der Waals surface area contributed by atoms with Crippen molar-refractivity contribution in [2.45, 2.75) is 52.9 Å². The Bertz CT molecular complexity index is 347. The molecule has 2 atom stereocenters. The Morgan fingerprint density at radius 3 is 2.30 bits per heavy atom. The Balaban J connectivity index is 2.74. The first kappa shape index (κ1) is 17.0. The fraction of sp³-hybridized carbons (Fsp3) is 0.667. The summed E-state index contributed by atoms with van der Waals surface area (Å²) >= 11 is 0. The average Bonchev–Trinajstić information content (AvgIpc) is 2.45. The molecular formula is C18H31NO. The molecule has 0 aliphatic carbocycles. The lowest BCUT2D eigenvalue weighted by molar-refractivity contribution is 0.339. The molecule has 20 heavy (non-hydrogen) atoms. The molecule has 1 aromatic rings. The quantitative estimate of drug-likeness (QED) is 0.631. The van der Waals surface area contributed by atoms with Gasteiger partial charge < -0.3 is 10.1 Å². The van der Waals surface area contributed by atoms with Gasteiger partial charge in [0.15, 0.2) is 0 Å². The Labute approximate surface area is 124 Å². The van der Waals surface area contributed by atoms with Crippen LogP contribution in [0.25, 0.3) is 0 Å². The normalized spacial score (nSPS) is 14.0. The number of hydrogen-bond acceptors (Lipinski definition) is 2. The highest BCUT2D eigenvalue weighted by Crippen LogP contribution is 2.28. The van der Waals surface area contributed by atoms with E-state index in [2.05, 4.69) is 50.4 Å². The summed E-state index contributed by atoms with van der Waals surface area (Å²) in [5.41, 5.74) is 1.43. The van der Waals surface area contributed by atoms with Crippen molar-refractivity contribution in [2.75, 3.05) is 19.7 Å². The lowest BCUT2D eigenvalue weighted by Crippen LogP contribution is -2.26. The van der Waals surface area contributed by atoms with Crippen molar-refractivity contribution in [1.29, 1.82) is 0 Å². The molecule has 0 aromatic heterocycles. The van der Waals surface area contributed by atoms with Gasteiger partial charge in [0.2, 0.25) is 0 Å². The van der Waals surface area contributed by atoms with Crippen LogP contribution in [-0.4, -0.2) is 19.7 Å². The zero-order chi connectivity index (χ0) is 14.8. The van der Waals surface area contributed by atoms with E-state index in [1.54, 1.807) is 0 Å². The van der Waals surface area contributed by atoms with E-state index >= 15 is 0 Å². The van der Waals surface area contributed by atoms with Crippen LogP contribution in [0.15, 0.2) is 24.3 Å². The summed E-state index contributed by atoms with van der Waals surface area (Å²) in [6, 6.07) is 8.67. The van der Waals surface area contributed by atoms with E-state index in [0.717, 1.165) is 25.4 Å². The van der Waals surface area contributed by atoms with Crippen molar-refractivity contribution >= 4 is 0 Å². The Hall–Kier alpha value is -1.02. The van der Waals surface area contributed by atoms with Gasteiger partial charge in [-0.1, -0.05) is 45.7 Å². The predicted octanol–water partition coefficient (Wildman–Crippen LogP) is 4.60. The molecule has 0 radical (unpaired) electrons. The summed E-state index contributed by atoms with van der Waals surface area (Å²) in [6.07, 6.45) is 3.73. The molecule has 0 amide bonds. The maximum atomic E-state index is 5.53. The number of ether oxygens (including phenoxy) is 1. The van der Waals surface area contributed by atoms with Crippen molar-refractivity contribution in [3.05, 3.63) is 29.8 Å². The molecule has 0 aliphatic heterocycles. The summed E-state index contributed by atoms with van der Waals surface area (Å²) in [5, 5.41) is 3.58. The Morgan fingerprint density at radius 1 is 1.05 bits per heavy atom. The van der Waals surface area contributed by atoms with Gasteiger partial charge in [-0.05, 0) is 49.4 Å². The SMILES string of the molecule is CCCNCC(c1ccc(OCC)cc1)C(C)CCC.